The topological polar surface area (TPSA) is 85.2 Å². The van der Waals surface area contributed by atoms with Gasteiger partial charge in [0, 0.05) is 17.3 Å². The number of carbonyl (C=O) groups excluding carboxylic acids is 1. The molecule has 31 heavy (non-hydrogen) atoms. The van der Waals surface area contributed by atoms with Crippen molar-refractivity contribution in [3.8, 4) is 0 Å². The second-order valence-corrected chi connectivity index (χ2v) is 9.12. The number of nitrogens with zero attached hydrogens (tertiary/aromatic N) is 1. The standard InChI is InChI=1S/C24H20N2O4S/c1-17-12-13-21-20(14-17)24(28)22(31(29,30)19-10-6-3-7-11-19)15-26(21)16-23(27)25-18-8-4-2-5-9-18/h2-15H,16H2,1H3,(H,25,27). The number of sulfone groups is 1. The van der Waals surface area contributed by atoms with Crippen LogP contribution in [0.4, 0.5) is 5.69 Å². The fourth-order valence-corrected chi connectivity index (χ4v) is 4.80. The first-order valence-corrected chi connectivity index (χ1v) is 11.1. The molecule has 0 saturated carbocycles. The van der Waals surface area contributed by atoms with Crippen LogP contribution in [-0.2, 0) is 21.2 Å². The molecule has 4 aromatic rings. The van der Waals surface area contributed by atoms with E-state index < -0.39 is 15.3 Å². The van der Waals surface area contributed by atoms with Gasteiger partial charge < -0.3 is 9.88 Å². The van der Waals surface area contributed by atoms with Gasteiger partial charge in [-0.25, -0.2) is 8.42 Å². The van der Waals surface area contributed by atoms with Crippen molar-refractivity contribution in [1.29, 1.82) is 0 Å². The Morgan fingerprint density at radius 2 is 1.58 bits per heavy atom. The smallest absolute Gasteiger partial charge is 0.244 e. The molecular weight excluding hydrogens is 412 g/mol. The highest BCUT2D eigenvalue weighted by Gasteiger charge is 2.24. The van der Waals surface area contributed by atoms with Crippen LogP contribution in [0.15, 0.2) is 99.6 Å². The number of amides is 1. The third-order valence-electron chi connectivity index (χ3n) is 4.92. The number of hydrogen-bond donors (Lipinski definition) is 1. The van der Waals surface area contributed by atoms with Crippen molar-refractivity contribution in [2.24, 2.45) is 0 Å². The van der Waals surface area contributed by atoms with Crippen LogP contribution in [0.25, 0.3) is 10.9 Å². The van der Waals surface area contributed by atoms with E-state index in [1.54, 1.807) is 54.6 Å². The molecule has 0 bridgehead atoms. The van der Waals surface area contributed by atoms with E-state index in [2.05, 4.69) is 5.32 Å². The van der Waals surface area contributed by atoms with Crippen molar-refractivity contribution in [3.05, 3.63) is 101 Å². The van der Waals surface area contributed by atoms with Crippen LogP contribution in [0, 0.1) is 6.92 Å². The molecule has 0 spiro atoms. The molecule has 0 aliphatic rings. The number of benzene rings is 3. The molecule has 4 rings (SSSR count). The fourth-order valence-electron chi connectivity index (χ4n) is 3.41. The summed E-state index contributed by atoms with van der Waals surface area (Å²) < 4.78 is 27.9. The van der Waals surface area contributed by atoms with Crippen LogP contribution in [0.2, 0.25) is 0 Å². The molecule has 0 saturated heterocycles. The summed E-state index contributed by atoms with van der Waals surface area (Å²) in [7, 11) is -4.06. The second-order valence-electron chi connectivity index (χ2n) is 7.20. The Morgan fingerprint density at radius 3 is 2.26 bits per heavy atom. The van der Waals surface area contributed by atoms with Gasteiger partial charge in [-0.05, 0) is 43.3 Å². The monoisotopic (exact) mass is 432 g/mol. The lowest BCUT2D eigenvalue weighted by molar-refractivity contribution is -0.116. The van der Waals surface area contributed by atoms with Crippen molar-refractivity contribution in [2.75, 3.05) is 5.32 Å². The summed E-state index contributed by atoms with van der Waals surface area (Å²) >= 11 is 0. The highest BCUT2D eigenvalue weighted by molar-refractivity contribution is 7.91. The van der Waals surface area contributed by atoms with E-state index >= 15 is 0 Å². The Morgan fingerprint density at radius 1 is 0.935 bits per heavy atom. The lowest BCUT2D eigenvalue weighted by Gasteiger charge is -2.14. The first kappa shape index (κ1) is 20.6. The maximum Gasteiger partial charge on any atom is 0.244 e. The molecule has 0 aliphatic heterocycles. The number of rotatable bonds is 5. The van der Waals surface area contributed by atoms with Gasteiger partial charge in [0.05, 0.1) is 10.4 Å². The summed E-state index contributed by atoms with van der Waals surface area (Å²) in [4.78, 5) is 25.5. The van der Waals surface area contributed by atoms with Gasteiger partial charge in [-0.3, -0.25) is 9.59 Å². The Hall–Kier alpha value is -3.71. The van der Waals surface area contributed by atoms with Gasteiger partial charge in [0.15, 0.2) is 0 Å². The number of aryl methyl sites for hydroxylation is 1. The van der Waals surface area contributed by atoms with Crippen LogP contribution in [0.3, 0.4) is 0 Å². The minimum atomic E-state index is -4.06. The van der Waals surface area contributed by atoms with Gasteiger partial charge in [-0.2, -0.15) is 0 Å². The third kappa shape index (κ3) is 4.13. The summed E-state index contributed by atoms with van der Waals surface area (Å²) in [6, 6.07) is 22.0. The number of para-hydroxylation sites is 1. The highest BCUT2D eigenvalue weighted by Crippen LogP contribution is 2.22. The number of pyridine rings is 1. The maximum absolute atomic E-state index is 13.2. The van der Waals surface area contributed by atoms with Crippen molar-refractivity contribution in [2.45, 2.75) is 23.3 Å². The van der Waals surface area contributed by atoms with Crippen molar-refractivity contribution < 1.29 is 13.2 Å². The van der Waals surface area contributed by atoms with Crippen LogP contribution in [0.1, 0.15) is 5.56 Å². The van der Waals surface area contributed by atoms with Crippen LogP contribution >= 0.6 is 0 Å². The average Bonchev–Trinajstić information content (AvgIpc) is 2.77. The summed E-state index contributed by atoms with van der Waals surface area (Å²) in [5.41, 5.74) is 1.36. The van der Waals surface area contributed by atoms with E-state index in [1.807, 2.05) is 19.1 Å². The average molecular weight is 433 g/mol. The molecular formula is C24H20N2O4S. The van der Waals surface area contributed by atoms with Gasteiger partial charge in [-0.1, -0.05) is 48.0 Å². The Bertz CT molecular complexity index is 1430. The third-order valence-corrected chi connectivity index (χ3v) is 6.68. The molecule has 1 N–H and O–H groups in total. The number of aromatic nitrogens is 1. The normalized spacial score (nSPS) is 11.4. The van der Waals surface area contributed by atoms with Gasteiger partial charge >= 0.3 is 0 Å². The summed E-state index contributed by atoms with van der Waals surface area (Å²) in [5.74, 6) is -0.334. The molecule has 156 valence electrons. The molecule has 7 heteroatoms. The quantitative estimate of drug-likeness (QED) is 0.520. The van der Waals surface area contributed by atoms with E-state index in [4.69, 9.17) is 0 Å². The van der Waals surface area contributed by atoms with Crippen LogP contribution < -0.4 is 10.7 Å². The largest absolute Gasteiger partial charge is 0.336 e. The van der Waals surface area contributed by atoms with Crippen molar-refractivity contribution in [3.63, 3.8) is 0 Å². The number of hydrogen-bond acceptors (Lipinski definition) is 4. The SMILES string of the molecule is Cc1ccc2c(c1)c(=O)c(S(=O)(=O)c1ccccc1)cn2CC(=O)Nc1ccccc1. The van der Waals surface area contributed by atoms with E-state index in [0.717, 1.165) is 5.56 Å². The molecule has 0 fully saturated rings. The molecule has 0 aliphatic carbocycles. The maximum atomic E-state index is 13.2. The van der Waals surface area contributed by atoms with E-state index in [9.17, 15) is 18.0 Å². The Kier molecular flexibility index (Phi) is 5.44. The minimum absolute atomic E-state index is 0.0272. The molecule has 1 amide bonds. The molecule has 3 aromatic carbocycles. The zero-order valence-electron chi connectivity index (χ0n) is 16.8. The predicted octanol–water partition coefficient (Wildman–Crippen LogP) is 3.78. The van der Waals surface area contributed by atoms with Gasteiger partial charge in [0.25, 0.3) is 0 Å². The molecule has 6 nitrogen and oxygen atoms in total. The van der Waals surface area contributed by atoms with Gasteiger partial charge in [-0.15, -0.1) is 0 Å². The molecule has 1 heterocycles. The summed E-state index contributed by atoms with van der Waals surface area (Å²) in [6.07, 6.45) is 1.26. The molecule has 1 aromatic heterocycles. The van der Waals surface area contributed by atoms with E-state index in [-0.39, 0.29) is 27.6 Å². The van der Waals surface area contributed by atoms with Gasteiger partial charge in [0.2, 0.25) is 21.2 Å². The number of nitrogens with one attached hydrogen (secondary N) is 1. The minimum Gasteiger partial charge on any atom is -0.336 e. The first-order valence-electron chi connectivity index (χ1n) is 9.65. The van der Waals surface area contributed by atoms with Crippen molar-refractivity contribution in [1.82, 2.24) is 4.57 Å². The fraction of sp³-hybridized carbons (Fsp3) is 0.0833. The zero-order valence-corrected chi connectivity index (χ0v) is 17.6. The second kappa shape index (κ2) is 8.20. The van der Waals surface area contributed by atoms with Crippen molar-refractivity contribution >= 4 is 32.3 Å². The zero-order chi connectivity index (χ0) is 22.0. The van der Waals surface area contributed by atoms with Crippen LogP contribution in [0.5, 0.6) is 0 Å². The molecule has 0 unspecified atom stereocenters. The lowest BCUT2D eigenvalue weighted by atomic mass is 10.1. The summed E-state index contributed by atoms with van der Waals surface area (Å²) in [6.45, 7) is 1.68. The highest BCUT2D eigenvalue weighted by atomic mass is 32.2. The van der Waals surface area contributed by atoms with E-state index in [0.29, 0.717) is 11.2 Å². The number of anilines is 1. The Balaban J connectivity index is 1.84. The first-order chi connectivity index (χ1) is 14.9. The number of fused-ring (bicyclic) bond motifs is 1. The summed E-state index contributed by atoms with van der Waals surface area (Å²) in [5, 5.41) is 3.04. The van der Waals surface area contributed by atoms with Crippen LogP contribution in [-0.4, -0.2) is 18.9 Å². The number of carbonyl (C=O) groups is 1. The molecule has 0 radical (unpaired) electrons. The van der Waals surface area contributed by atoms with Gasteiger partial charge in [0.1, 0.15) is 11.4 Å². The Labute approximate surface area is 179 Å². The van der Waals surface area contributed by atoms with E-state index in [1.165, 1.54) is 22.9 Å². The predicted molar refractivity (Wildman–Crippen MR) is 120 cm³/mol. The lowest BCUT2D eigenvalue weighted by Crippen LogP contribution is -2.24. The molecule has 0 atom stereocenters.